The lowest BCUT2D eigenvalue weighted by atomic mass is 9.87. The van der Waals surface area contributed by atoms with E-state index in [-0.39, 0.29) is 15.2 Å². The van der Waals surface area contributed by atoms with Gasteiger partial charge < -0.3 is 9.47 Å². The summed E-state index contributed by atoms with van der Waals surface area (Å²) in [6, 6.07) is 37.8. The van der Waals surface area contributed by atoms with Gasteiger partial charge >= 0.3 is 0 Å². The Balaban J connectivity index is 1.53. The van der Waals surface area contributed by atoms with Crippen molar-refractivity contribution in [2.45, 2.75) is 62.3 Å². The first-order valence-corrected chi connectivity index (χ1v) is 15.9. The summed E-state index contributed by atoms with van der Waals surface area (Å²) in [7, 11) is -3.68. The van der Waals surface area contributed by atoms with Crippen molar-refractivity contribution in [1.82, 2.24) is 0 Å². The van der Waals surface area contributed by atoms with E-state index >= 15 is 0 Å². The van der Waals surface area contributed by atoms with Crippen LogP contribution in [-0.2, 0) is 15.3 Å². The fraction of sp³-hybridized carbons (Fsp3) is 0.211. The molecule has 5 rings (SSSR count). The van der Waals surface area contributed by atoms with Crippen molar-refractivity contribution < 1.29 is 17.9 Å². The van der Waals surface area contributed by atoms with Gasteiger partial charge in [-0.2, -0.15) is 0 Å². The van der Waals surface area contributed by atoms with Gasteiger partial charge in [0.05, 0.1) is 9.79 Å². The van der Waals surface area contributed by atoms with Crippen molar-refractivity contribution in [3.63, 3.8) is 0 Å². The molecule has 0 spiro atoms. The van der Waals surface area contributed by atoms with Gasteiger partial charge in [0, 0.05) is 11.1 Å². The Hall–Kier alpha value is -4.35. The minimum Gasteiger partial charge on any atom is -0.487 e. The van der Waals surface area contributed by atoms with Gasteiger partial charge in [0.2, 0.25) is 9.84 Å². The lowest BCUT2D eigenvalue weighted by Crippen LogP contribution is -2.23. The fourth-order valence-electron chi connectivity index (χ4n) is 4.83. The highest BCUT2D eigenvalue weighted by atomic mass is 32.2. The zero-order valence-corrected chi connectivity index (χ0v) is 26.4. The van der Waals surface area contributed by atoms with Crippen LogP contribution in [0.2, 0.25) is 0 Å². The minimum atomic E-state index is -3.68. The van der Waals surface area contributed by atoms with Crippen LogP contribution < -0.4 is 9.47 Å². The third-order valence-corrected chi connectivity index (χ3v) is 8.85. The first kappa shape index (κ1) is 30.1. The second kappa shape index (κ2) is 11.7. The Bertz CT molecular complexity index is 1790. The summed E-state index contributed by atoms with van der Waals surface area (Å²) in [5.74, 6) is 1.92. The monoisotopic (exact) mass is 590 g/mol. The van der Waals surface area contributed by atoms with E-state index in [0.717, 1.165) is 33.6 Å². The normalized spacial score (nSPS) is 12.1. The van der Waals surface area contributed by atoms with Gasteiger partial charge in [-0.05, 0) is 91.4 Å². The molecule has 0 amide bonds. The van der Waals surface area contributed by atoms with Gasteiger partial charge in [-0.15, -0.1) is 0 Å². The van der Waals surface area contributed by atoms with Crippen LogP contribution in [0.15, 0.2) is 131 Å². The second-order valence-corrected chi connectivity index (χ2v) is 14.6. The molecule has 5 aromatic carbocycles. The molecule has 5 aromatic rings. The molecule has 0 unspecified atom stereocenters. The standard InChI is InChI=1S/C38H38O4S/c1-37(2,3)29-17-21-31(22-18-29)43(39,40)32-23-19-30(20-24-32)41-35-25-34(28-15-11-8-12-16-28)36(42-38(4,5)6)26-33(35)27-13-9-7-10-14-27/h7-26H,1-6H3. The molecule has 220 valence electrons. The Kier molecular flexibility index (Phi) is 8.22. The Morgan fingerprint density at radius 3 is 1.44 bits per heavy atom. The van der Waals surface area contributed by atoms with Crippen LogP contribution in [-0.4, -0.2) is 14.0 Å². The zero-order chi connectivity index (χ0) is 30.8. The molecule has 0 aliphatic rings. The van der Waals surface area contributed by atoms with Crippen molar-refractivity contribution in [3.8, 4) is 39.5 Å². The summed E-state index contributed by atoms with van der Waals surface area (Å²) in [5, 5.41) is 0. The predicted molar refractivity (Wildman–Crippen MR) is 175 cm³/mol. The smallest absolute Gasteiger partial charge is 0.206 e. The lowest BCUT2D eigenvalue weighted by molar-refractivity contribution is 0.131. The molecule has 0 saturated heterocycles. The maximum Gasteiger partial charge on any atom is 0.206 e. The van der Waals surface area contributed by atoms with E-state index in [4.69, 9.17) is 9.47 Å². The van der Waals surface area contributed by atoms with Gasteiger partial charge in [-0.3, -0.25) is 0 Å². The number of ether oxygens (including phenoxy) is 2. The van der Waals surface area contributed by atoms with E-state index in [2.05, 4.69) is 20.8 Å². The number of sulfone groups is 1. The third-order valence-electron chi connectivity index (χ3n) is 7.06. The van der Waals surface area contributed by atoms with E-state index in [0.29, 0.717) is 11.5 Å². The van der Waals surface area contributed by atoms with Crippen LogP contribution >= 0.6 is 0 Å². The maximum atomic E-state index is 13.4. The van der Waals surface area contributed by atoms with Crippen molar-refractivity contribution in [1.29, 1.82) is 0 Å². The SMILES string of the molecule is CC(C)(C)Oc1cc(-c2ccccc2)c(Oc2ccc(S(=O)(=O)c3ccc(C(C)(C)C)cc3)cc2)cc1-c1ccccc1. The molecule has 5 heteroatoms. The molecule has 4 nitrogen and oxygen atoms in total. The summed E-state index contributed by atoms with van der Waals surface area (Å²) in [4.78, 5) is 0.480. The molecule has 0 aliphatic carbocycles. The number of benzene rings is 5. The molecule has 0 fully saturated rings. The largest absolute Gasteiger partial charge is 0.487 e. The van der Waals surface area contributed by atoms with E-state index in [9.17, 15) is 8.42 Å². The molecule has 43 heavy (non-hydrogen) atoms. The van der Waals surface area contributed by atoms with Crippen LogP contribution in [0.1, 0.15) is 47.1 Å². The summed E-state index contributed by atoms with van der Waals surface area (Å²) >= 11 is 0. The zero-order valence-electron chi connectivity index (χ0n) is 25.6. The number of hydrogen-bond donors (Lipinski definition) is 0. The van der Waals surface area contributed by atoms with E-state index in [1.54, 1.807) is 36.4 Å². The molecule has 0 atom stereocenters. The summed E-state index contributed by atoms with van der Waals surface area (Å²) in [6.07, 6.45) is 0. The van der Waals surface area contributed by atoms with Crippen molar-refractivity contribution in [2.75, 3.05) is 0 Å². The molecule has 0 aliphatic heterocycles. The number of hydrogen-bond acceptors (Lipinski definition) is 4. The molecular weight excluding hydrogens is 552 g/mol. The van der Waals surface area contributed by atoms with Gasteiger partial charge in [-0.1, -0.05) is 93.6 Å². The highest BCUT2D eigenvalue weighted by Crippen LogP contribution is 2.43. The summed E-state index contributed by atoms with van der Waals surface area (Å²) in [6.45, 7) is 12.4. The summed E-state index contributed by atoms with van der Waals surface area (Å²) in [5.41, 5.74) is 4.38. The Labute approximate surface area is 255 Å². The Morgan fingerprint density at radius 2 is 0.977 bits per heavy atom. The van der Waals surface area contributed by atoms with Gasteiger partial charge in [0.1, 0.15) is 22.8 Å². The summed E-state index contributed by atoms with van der Waals surface area (Å²) < 4.78 is 39.7. The quantitative estimate of drug-likeness (QED) is 0.189. The van der Waals surface area contributed by atoms with Crippen LogP contribution in [0.25, 0.3) is 22.3 Å². The molecule has 0 saturated carbocycles. The van der Waals surface area contributed by atoms with Crippen molar-refractivity contribution in [3.05, 3.63) is 127 Å². The highest BCUT2D eigenvalue weighted by molar-refractivity contribution is 7.91. The molecule has 0 heterocycles. The fourth-order valence-corrected chi connectivity index (χ4v) is 6.09. The highest BCUT2D eigenvalue weighted by Gasteiger charge is 2.22. The molecular formula is C38H38O4S. The van der Waals surface area contributed by atoms with Gasteiger partial charge in [0.25, 0.3) is 0 Å². The van der Waals surface area contributed by atoms with Crippen LogP contribution in [0.4, 0.5) is 0 Å². The maximum absolute atomic E-state index is 13.4. The molecule has 0 bridgehead atoms. The Morgan fingerprint density at radius 1 is 0.535 bits per heavy atom. The number of rotatable bonds is 7. The first-order valence-electron chi connectivity index (χ1n) is 14.4. The topological polar surface area (TPSA) is 52.6 Å². The van der Waals surface area contributed by atoms with Gasteiger partial charge in [-0.25, -0.2) is 8.42 Å². The molecule has 0 aromatic heterocycles. The third kappa shape index (κ3) is 7.00. The van der Waals surface area contributed by atoms with Gasteiger partial charge in [0.15, 0.2) is 0 Å². The first-order chi connectivity index (χ1) is 20.3. The van der Waals surface area contributed by atoms with E-state index in [1.165, 1.54) is 0 Å². The molecule has 0 radical (unpaired) electrons. The van der Waals surface area contributed by atoms with E-state index in [1.807, 2.05) is 106 Å². The lowest BCUT2D eigenvalue weighted by Gasteiger charge is -2.25. The van der Waals surface area contributed by atoms with Crippen LogP contribution in [0.5, 0.6) is 17.2 Å². The van der Waals surface area contributed by atoms with Crippen LogP contribution in [0.3, 0.4) is 0 Å². The average Bonchev–Trinajstić information content (AvgIpc) is 2.98. The molecule has 0 N–H and O–H groups in total. The van der Waals surface area contributed by atoms with Crippen molar-refractivity contribution in [2.24, 2.45) is 0 Å². The van der Waals surface area contributed by atoms with Crippen LogP contribution in [0, 0.1) is 0 Å². The second-order valence-electron chi connectivity index (χ2n) is 12.6. The van der Waals surface area contributed by atoms with Crippen molar-refractivity contribution >= 4 is 9.84 Å². The minimum absolute atomic E-state index is 0.0582. The predicted octanol–water partition coefficient (Wildman–Crippen LogP) is 10.1. The average molecular weight is 591 g/mol. The van der Waals surface area contributed by atoms with E-state index < -0.39 is 15.4 Å².